The van der Waals surface area contributed by atoms with Crippen molar-refractivity contribution in [3.05, 3.63) is 35.9 Å². The molecule has 2 fully saturated rings. The first kappa shape index (κ1) is 25.2. The molecule has 0 radical (unpaired) electrons. The summed E-state index contributed by atoms with van der Waals surface area (Å²) in [6.07, 6.45) is 8.94. The van der Waals surface area contributed by atoms with E-state index in [1.54, 1.807) is 4.31 Å². The van der Waals surface area contributed by atoms with Crippen LogP contribution in [0.2, 0.25) is 0 Å². The van der Waals surface area contributed by atoms with Gasteiger partial charge in [0.1, 0.15) is 0 Å². The smallest absolute Gasteiger partial charge is 0.224 e. The molecule has 0 aliphatic carbocycles. The molecule has 0 spiro atoms. The van der Waals surface area contributed by atoms with Crippen molar-refractivity contribution in [3.63, 3.8) is 0 Å². The van der Waals surface area contributed by atoms with E-state index < -0.39 is 10.0 Å². The van der Waals surface area contributed by atoms with Crippen molar-refractivity contribution in [2.75, 3.05) is 38.5 Å². The van der Waals surface area contributed by atoms with E-state index >= 15 is 0 Å². The Bertz CT molecular complexity index is 800. The zero-order valence-corrected chi connectivity index (χ0v) is 20.5. The molecule has 32 heavy (non-hydrogen) atoms. The molecule has 2 saturated heterocycles. The van der Waals surface area contributed by atoms with Crippen LogP contribution in [-0.4, -0.2) is 68.0 Å². The summed E-state index contributed by atoms with van der Waals surface area (Å²) in [7, 11) is -3.32. The van der Waals surface area contributed by atoms with Crippen molar-refractivity contribution in [2.45, 2.75) is 70.8 Å². The Morgan fingerprint density at radius 3 is 2.66 bits per heavy atom. The van der Waals surface area contributed by atoms with E-state index in [1.165, 1.54) is 32.2 Å². The SMILES string of the molecule is CCC1CCCCN1CCCNC(=O)C1CCCN(S(=O)(=O)CCCc2ccccc2)C1. The normalized spacial score (nSPS) is 23.2. The van der Waals surface area contributed by atoms with Gasteiger partial charge in [0.05, 0.1) is 11.7 Å². The van der Waals surface area contributed by atoms with E-state index in [4.69, 9.17) is 0 Å². The van der Waals surface area contributed by atoms with Crippen LogP contribution < -0.4 is 5.32 Å². The van der Waals surface area contributed by atoms with Crippen molar-refractivity contribution < 1.29 is 13.2 Å². The number of carbonyl (C=O) groups excluding carboxylic acids is 1. The molecule has 0 aromatic heterocycles. The highest BCUT2D eigenvalue weighted by molar-refractivity contribution is 7.89. The number of carbonyl (C=O) groups is 1. The van der Waals surface area contributed by atoms with Crippen LogP contribution in [0.25, 0.3) is 0 Å². The molecule has 0 bridgehead atoms. The first-order valence-electron chi connectivity index (χ1n) is 12.5. The summed E-state index contributed by atoms with van der Waals surface area (Å²) in [4.78, 5) is 15.3. The van der Waals surface area contributed by atoms with Gasteiger partial charge in [-0.3, -0.25) is 4.79 Å². The largest absolute Gasteiger partial charge is 0.356 e. The molecule has 3 rings (SSSR count). The van der Waals surface area contributed by atoms with Gasteiger partial charge >= 0.3 is 0 Å². The molecule has 2 aliphatic rings. The van der Waals surface area contributed by atoms with Gasteiger partial charge in [0.15, 0.2) is 0 Å². The van der Waals surface area contributed by atoms with Crippen LogP contribution in [0.5, 0.6) is 0 Å². The second-order valence-electron chi connectivity index (χ2n) is 9.34. The van der Waals surface area contributed by atoms with Gasteiger partial charge in [-0.1, -0.05) is 43.7 Å². The summed E-state index contributed by atoms with van der Waals surface area (Å²) in [5.41, 5.74) is 1.16. The molecule has 1 aromatic carbocycles. The standard InChI is InChI=1S/C25H41N3O3S/c1-2-24-15-6-7-17-27(24)18-10-16-26-25(29)23-14-8-19-28(21-23)32(30,31)20-9-13-22-11-4-3-5-12-22/h3-5,11-12,23-24H,2,6-10,13-21H2,1H3,(H,26,29). The third-order valence-electron chi connectivity index (χ3n) is 7.00. The first-order chi connectivity index (χ1) is 15.5. The van der Waals surface area contributed by atoms with Crippen molar-refractivity contribution in [1.82, 2.24) is 14.5 Å². The van der Waals surface area contributed by atoms with Gasteiger partial charge in [-0.05, 0) is 63.5 Å². The third kappa shape index (κ3) is 7.56. The van der Waals surface area contributed by atoms with E-state index in [0.717, 1.165) is 37.8 Å². The minimum atomic E-state index is -3.32. The first-order valence-corrected chi connectivity index (χ1v) is 14.1. The number of sulfonamides is 1. The minimum absolute atomic E-state index is 0.0138. The maximum Gasteiger partial charge on any atom is 0.224 e. The van der Waals surface area contributed by atoms with Crippen LogP contribution >= 0.6 is 0 Å². The van der Waals surface area contributed by atoms with Gasteiger partial charge in [-0.15, -0.1) is 0 Å². The van der Waals surface area contributed by atoms with Gasteiger partial charge < -0.3 is 10.2 Å². The lowest BCUT2D eigenvalue weighted by atomic mass is 9.98. The highest BCUT2D eigenvalue weighted by Crippen LogP contribution is 2.21. The lowest BCUT2D eigenvalue weighted by Crippen LogP contribution is -2.46. The van der Waals surface area contributed by atoms with Crippen LogP contribution in [0.4, 0.5) is 0 Å². The fraction of sp³-hybridized carbons (Fsp3) is 0.720. The Morgan fingerprint density at radius 1 is 1.06 bits per heavy atom. The number of aryl methyl sites for hydroxylation is 1. The molecule has 2 heterocycles. The Kier molecular flexibility index (Phi) is 10.0. The highest BCUT2D eigenvalue weighted by Gasteiger charge is 2.32. The summed E-state index contributed by atoms with van der Waals surface area (Å²) in [6, 6.07) is 10.7. The number of rotatable bonds is 11. The van der Waals surface area contributed by atoms with E-state index in [0.29, 0.717) is 32.1 Å². The number of amides is 1. The Labute approximate surface area is 194 Å². The summed E-state index contributed by atoms with van der Waals surface area (Å²) >= 11 is 0. The summed E-state index contributed by atoms with van der Waals surface area (Å²) in [5, 5.41) is 3.07. The fourth-order valence-corrected chi connectivity index (χ4v) is 6.68. The fourth-order valence-electron chi connectivity index (χ4n) is 5.10. The number of nitrogens with one attached hydrogen (secondary N) is 1. The van der Waals surface area contributed by atoms with Crippen LogP contribution in [0.15, 0.2) is 30.3 Å². The number of hydrogen-bond donors (Lipinski definition) is 1. The van der Waals surface area contributed by atoms with Crippen LogP contribution in [0.1, 0.15) is 63.9 Å². The number of piperidine rings is 2. The Hall–Kier alpha value is -1.44. The van der Waals surface area contributed by atoms with Crippen molar-refractivity contribution in [3.8, 4) is 0 Å². The molecule has 0 saturated carbocycles. The second-order valence-corrected chi connectivity index (χ2v) is 11.4. The van der Waals surface area contributed by atoms with Crippen molar-refractivity contribution in [2.24, 2.45) is 5.92 Å². The van der Waals surface area contributed by atoms with Crippen LogP contribution in [-0.2, 0) is 21.2 Å². The predicted molar refractivity (Wildman–Crippen MR) is 130 cm³/mol. The zero-order valence-electron chi connectivity index (χ0n) is 19.7. The Morgan fingerprint density at radius 2 is 1.88 bits per heavy atom. The van der Waals surface area contributed by atoms with Crippen LogP contribution in [0, 0.1) is 5.92 Å². The number of likely N-dealkylation sites (tertiary alicyclic amines) is 1. The average molecular weight is 464 g/mol. The van der Waals surface area contributed by atoms with Gasteiger partial charge in [-0.2, -0.15) is 0 Å². The molecule has 2 atom stereocenters. The molecule has 2 aliphatic heterocycles. The molecule has 180 valence electrons. The van der Waals surface area contributed by atoms with E-state index in [2.05, 4.69) is 17.1 Å². The quantitative estimate of drug-likeness (QED) is 0.511. The average Bonchev–Trinajstić information content (AvgIpc) is 2.82. The van der Waals surface area contributed by atoms with E-state index in [-0.39, 0.29) is 17.6 Å². The summed E-state index contributed by atoms with van der Waals surface area (Å²) in [5.74, 6) is -0.0732. The van der Waals surface area contributed by atoms with Gasteiger partial charge in [0.25, 0.3) is 0 Å². The monoisotopic (exact) mass is 463 g/mol. The molecule has 1 N–H and O–H groups in total. The van der Waals surface area contributed by atoms with Crippen molar-refractivity contribution in [1.29, 1.82) is 0 Å². The van der Waals surface area contributed by atoms with Gasteiger partial charge in [0, 0.05) is 32.2 Å². The third-order valence-corrected chi connectivity index (χ3v) is 8.92. The van der Waals surface area contributed by atoms with Crippen LogP contribution in [0.3, 0.4) is 0 Å². The highest BCUT2D eigenvalue weighted by atomic mass is 32.2. The maximum absolute atomic E-state index is 12.8. The molecule has 2 unspecified atom stereocenters. The maximum atomic E-state index is 12.8. The molecule has 1 amide bonds. The Balaban J connectivity index is 1.38. The summed E-state index contributed by atoms with van der Waals surface area (Å²) in [6.45, 7) is 5.99. The topological polar surface area (TPSA) is 69.7 Å². The second kappa shape index (κ2) is 12.7. The number of hydrogen-bond acceptors (Lipinski definition) is 4. The molecule has 6 nitrogen and oxygen atoms in total. The predicted octanol–water partition coefficient (Wildman–Crippen LogP) is 3.43. The molecule has 1 aromatic rings. The van der Waals surface area contributed by atoms with Gasteiger partial charge in [-0.25, -0.2) is 12.7 Å². The zero-order chi connectivity index (χ0) is 22.8. The minimum Gasteiger partial charge on any atom is -0.356 e. The molecular weight excluding hydrogens is 422 g/mol. The van der Waals surface area contributed by atoms with Crippen molar-refractivity contribution >= 4 is 15.9 Å². The molecular formula is C25H41N3O3S. The number of benzene rings is 1. The molecule has 7 heteroatoms. The summed E-state index contributed by atoms with van der Waals surface area (Å²) < 4.78 is 27.2. The lowest BCUT2D eigenvalue weighted by Gasteiger charge is -2.35. The van der Waals surface area contributed by atoms with E-state index in [1.807, 2.05) is 30.3 Å². The lowest BCUT2D eigenvalue weighted by molar-refractivity contribution is -0.126. The van der Waals surface area contributed by atoms with E-state index in [9.17, 15) is 13.2 Å². The number of nitrogens with zero attached hydrogens (tertiary/aromatic N) is 2. The van der Waals surface area contributed by atoms with Gasteiger partial charge in [0.2, 0.25) is 15.9 Å².